The summed E-state index contributed by atoms with van der Waals surface area (Å²) in [5.74, 6) is 0.879. The van der Waals surface area contributed by atoms with Crippen molar-refractivity contribution in [2.75, 3.05) is 19.0 Å². The van der Waals surface area contributed by atoms with Gasteiger partial charge in [-0.25, -0.2) is 0 Å². The maximum absolute atomic E-state index is 5.28. The van der Waals surface area contributed by atoms with Gasteiger partial charge in [0.2, 0.25) is 0 Å². The highest BCUT2D eigenvalue weighted by Crippen LogP contribution is 2.27. The zero-order chi connectivity index (χ0) is 13.9. The Kier molecular flexibility index (Phi) is 8.72. The molecule has 0 saturated carbocycles. The highest BCUT2D eigenvalue weighted by Gasteiger charge is 2.00. The molecule has 1 rings (SSSR count). The van der Waals surface area contributed by atoms with Crippen LogP contribution in [0.1, 0.15) is 51.9 Å². The predicted octanol–water partition coefficient (Wildman–Crippen LogP) is 5.62. The van der Waals surface area contributed by atoms with Crippen molar-refractivity contribution in [3.63, 3.8) is 0 Å². The summed E-state index contributed by atoms with van der Waals surface area (Å²) in [7, 11) is 1.69. The van der Waals surface area contributed by atoms with E-state index in [2.05, 4.69) is 34.2 Å². The minimum atomic E-state index is 0.879. The third kappa shape index (κ3) is 6.86. The normalized spacial score (nSPS) is 10.5. The van der Waals surface area contributed by atoms with Crippen molar-refractivity contribution >= 4 is 21.6 Å². The minimum absolute atomic E-state index is 0.879. The number of methoxy groups -OCH3 is 1. The lowest BCUT2D eigenvalue weighted by Gasteiger charge is -2.09. The lowest BCUT2D eigenvalue weighted by Crippen LogP contribution is -2.01. The first-order chi connectivity index (χ1) is 9.27. The summed E-state index contributed by atoms with van der Waals surface area (Å²) in [6, 6.07) is 6.13. The van der Waals surface area contributed by atoms with Crippen molar-refractivity contribution in [1.29, 1.82) is 0 Å². The second kappa shape index (κ2) is 10.1. The molecule has 0 aliphatic carbocycles. The molecule has 0 unspecified atom stereocenters. The molecular formula is C16H26BrNO. The Morgan fingerprint density at radius 3 is 2.42 bits per heavy atom. The summed E-state index contributed by atoms with van der Waals surface area (Å²) in [6.45, 7) is 3.30. The Morgan fingerprint density at radius 2 is 1.74 bits per heavy atom. The molecule has 3 heteroatoms. The van der Waals surface area contributed by atoms with E-state index in [1.807, 2.05) is 12.1 Å². The Hall–Kier alpha value is -0.700. The highest BCUT2D eigenvalue weighted by molar-refractivity contribution is 9.10. The molecule has 0 amide bonds. The molecule has 0 fully saturated rings. The Morgan fingerprint density at radius 1 is 1.05 bits per heavy atom. The van der Waals surface area contributed by atoms with Gasteiger partial charge in [-0.3, -0.25) is 0 Å². The summed E-state index contributed by atoms with van der Waals surface area (Å²) >= 11 is 3.46. The summed E-state index contributed by atoms with van der Waals surface area (Å²) in [5.41, 5.74) is 1.13. The van der Waals surface area contributed by atoms with Crippen LogP contribution in [0.15, 0.2) is 22.7 Å². The van der Waals surface area contributed by atoms with E-state index in [1.165, 1.54) is 44.9 Å². The van der Waals surface area contributed by atoms with Gasteiger partial charge in [-0.15, -0.1) is 0 Å². The van der Waals surface area contributed by atoms with E-state index >= 15 is 0 Å². The number of halogens is 1. The average Bonchev–Trinajstić information content (AvgIpc) is 2.43. The molecule has 0 atom stereocenters. The molecule has 0 aromatic heterocycles. The molecule has 1 aromatic carbocycles. The van der Waals surface area contributed by atoms with Crippen LogP contribution in [-0.4, -0.2) is 13.7 Å². The molecule has 0 radical (unpaired) electrons. The summed E-state index contributed by atoms with van der Waals surface area (Å²) < 4.78 is 6.28. The lowest BCUT2D eigenvalue weighted by molar-refractivity contribution is 0.412. The molecule has 0 saturated heterocycles. The summed E-state index contributed by atoms with van der Waals surface area (Å²) in [5, 5.41) is 3.45. The average molecular weight is 328 g/mol. The van der Waals surface area contributed by atoms with Crippen LogP contribution in [0.4, 0.5) is 5.69 Å². The first-order valence-corrected chi connectivity index (χ1v) is 8.14. The second-order valence-corrected chi connectivity index (χ2v) is 5.75. The van der Waals surface area contributed by atoms with Gasteiger partial charge in [-0.05, 0) is 34.5 Å². The quantitative estimate of drug-likeness (QED) is 0.563. The summed E-state index contributed by atoms with van der Waals surface area (Å²) in [4.78, 5) is 0. The number of benzene rings is 1. The third-order valence-corrected chi connectivity index (χ3v) is 3.92. The number of ether oxygens (including phenoxy) is 1. The lowest BCUT2D eigenvalue weighted by atomic mass is 10.1. The number of hydrogen-bond donors (Lipinski definition) is 1. The maximum Gasteiger partial charge on any atom is 0.135 e. The van der Waals surface area contributed by atoms with Crippen LogP contribution in [-0.2, 0) is 0 Å². The standard InChI is InChI=1S/C16H26BrNO/c1-3-4-5-6-7-8-9-12-18-14-10-11-15(17)16(13-14)19-2/h10-11,13,18H,3-9,12H2,1-2H3. The van der Waals surface area contributed by atoms with Crippen molar-refractivity contribution in [3.05, 3.63) is 22.7 Å². The third-order valence-electron chi connectivity index (χ3n) is 3.26. The van der Waals surface area contributed by atoms with E-state index in [1.54, 1.807) is 7.11 Å². The van der Waals surface area contributed by atoms with Crippen molar-refractivity contribution in [3.8, 4) is 5.75 Å². The first kappa shape index (κ1) is 16.4. The Labute approximate surface area is 126 Å². The first-order valence-electron chi connectivity index (χ1n) is 7.35. The van der Waals surface area contributed by atoms with E-state index in [0.29, 0.717) is 0 Å². The number of hydrogen-bond acceptors (Lipinski definition) is 2. The van der Waals surface area contributed by atoms with Gasteiger partial charge in [-0.1, -0.05) is 45.4 Å². The van der Waals surface area contributed by atoms with Gasteiger partial charge >= 0.3 is 0 Å². The molecule has 0 aliphatic heterocycles. The smallest absolute Gasteiger partial charge is 0.135 e. The predicted molar refractivity (Wildman–Crippen MR) is 87.2 cm³/mol. The molecule has 0 spiro atoms. The van der Waals surface area contributed by atoms with Crippen LogP contribution in [0.3, 0.4) is 0 Å². The van der Waals surface area contributed by atoms with Crippen LogP contribution in [0.2, 0.25) is 0 Å². The molecule has 2 nitrogen and oxygen atoms in total. The zero-order valence-electron chi connectivity index (χ0n) is 12.2. The van der Waals surface area contributed by atoms with Gasteiger partial charge in [0.1, 0.15) is 5.75 Å². The summed E-state index contributed by atoms with van der Waals surface area (Å²) in [6.07, 6.45) is 9.43. The fraction of sp³-hybridized carbons (Fsp3) is 0.625. The number of nitrogens with one attached hydrogen (secondary N) is 1. The molecule has 0 aliphatic rings. The van der Waals surface area contributed by atoms with Gasteiger partial charge in [0.15, 0.2) is 0 Å². The highest BCUT2D eigenvalue weighted by atomic mass is 79.9. The van der Waals surface area contributed by atoms with Gasteiger partial charge < -0.3 is 10.1 Å². The molecule has 0 heterocycles. The van der Waals surface area contributed by atoms with Gasteiger partial charge in [0.25, 0.3) is 0 Å². The van der Waals surface area contributed by atoms with Crippen molar-refractivity contribution in [2.45, 2.75) is 51.9 Å². The van der Waals surface area contributed by atoms with Gasteiger partial charge in [0, 0.05) is 18.3 Å². The molecule has 0 bridgehead atoms. The number of anilines is 1. The fourth-order valence-electron chi connectivity index (χ4n) is 2.08. The molecular weight excluding hydrogens is 302 g/mol. The topological polar surface area (TPSA) is 21.3 Å². The second-order valence-electron chi connectivity index (χ2n) is 4.90. The zero-order valence-corrected chi connectivity index (χ0v) is 13.8. The molecule has 19 heavy (non-hydrogen) atoms. The molecule has 1 aromatic rings. The van der Waals surface area contributed by atoms with Crippen LogP contribution in [0.5, 0.6) is 5.75 Å². The fourth-order valence-corrected chi connectivity index (χ4v) is 2.49. The maximum atomic E-state index is 5.28. The van der Waals surface area contributed by atoms with E-state index in [4.69, 9.17) is 4.74 Å². The Balaban J connectivity index is 2.12. The van der Waals surface area contributed by atoms with Crippen LogP contribution >= 0.6 is 15.9 Å². The van der Waals surface area contributed by atoms with Crippen molar-refractivity contribution in [1.82, 2.24) is 0 Å². The van der Waals surface area contributed by atoms with E-state index in [9.17, 15) is 0 Å². The van der Waals surface area contributed by atoms with E-state index < -0.39 is 0 Å². The largest absolute Gasteiger partial charge is 0.495 e. The van der Waals surface area contributed by atoms with Crippen LogP contribution < -0.4 is 10.1 Å². The van der Waals surface area contributed by atoms with Crippen LogP contribution in [0.25, 0.3) is 0 Å². The minimum Gasteiger partial charge on any atom is -0.495 e. The monoisotopic (exact) mass is 327 g/mol. The Bertz CT molecular complexity index is 355. The van der Waals surface area contributed by atoms with E-state index in [-0.39, 0.29) is 0 Å². The van der Waals surface area contributed by atoms with Crippen molar-refractivity contribution < 1.29 is 4.74 Å². The van der Waals surface area contributed by atoms with E-state index in [0.717, 1.165) is 22.5 Å². The number of rotatable bonds is 10. The molecule has 108 valence electrons. The molecule has 1 N–H and O–H groups in total. The van der Waals surface area contributed by atoms with Gasteiger partial charge in [0.05, 0.1) is 11.6 Å². The van der Waals surface area contributed by atoms with Crippen LogP contribution in [0, 0.1) is 0 Å². The number of unbranched alkanes of at least 4 members (excludes halogenated alkanes) is 6. The SMILES string of the molecule is CCCCCCCCCNc1ccc(Br)c(OC)c1. The van der Waals surface area contributed by atoms with Gasteiger partial charge in [-0.2, -0.15) is 0 Å². The van der Waals surface area contributed by atoms with Crippen molar-refractivity contribution in [2.24, 2.45) is 0 Å².